The van der Waals surface area contributed by atoms with E-state index in [1.807, 2.05) is 6.92 Å². The van der Waals surface area contributed by atoms with Gasteiger partial charge in [-0.2, -0.15) is 0 Å². The predicted octanol–water partition coefficient (Wildman–Crippen LogP) is 7.13. The second-order valence-electron chi connectivity index (χ2n) is 7.95. The van der Waals surface area contributed by atoms with Crippen LogP contribution in [0.1, 0.15) is 130 Å². The molecular weight excluding hydrogens is 352 g/mol. The highest BCUT2D eigenvalue weighted by Gasteiger charge is 2.16. The molecule has 0 aromatic heterocycles. The molecule has 166 valence electrons. The number of unbranched alkanes of at least 4 members (excludes halogenated alkanes) is 12. The van der Waals surface area contributed by atoms with Crippen molar-refractivity contribution in [2.45, 2.75) is 136 Å². The number of carbonyl (C=O) groups is 2. The van der Waals surface area contributed by atoms with E-state index in [4.69, 9.17) is 9.47 Å². The van der Waals surface area contributed by atoms with Crippen LogP contribution in [-0.2, 0) is 19.1 Å². The zero-order valence-electron chi connectivity index (χ0n) is 18.9. The standard InChI is InChI=1S/C24H46O4/c1-4-7-9-10-11-12-13-14-15-16-17-18-20-27-23(25)21-24(26)28-22(6-3)19-8-5-2/h22H,4-21H2,1-3H3. The van der Waals surface area contributed by atoms with Crippen molar-refractivity contribution in [2.24, 2.45) is 0 Å². The van der Waals surface area contributed by atoms with Crippen LogP contribution in [0.25, 0.3) is 0 Å². The van der Waals surface area contributed by atoms with Crippen molar-refractivity contribution in [1.29, 1.82) is 0 Å². The highest BCUT2D eigenvalue weighted by molar-refractivity contribution is 5.91. The summed E-state index contributed by atoms with van der Waals surface area (Å²) in [6, 6.07) is 0. The first-order valence-corrected chi connectivity index (χ1v) is 12.0. The Kier molecular flexibility index (Phi) is 19.9. The van der Waals surface area contributed by atoms with Crippen molar-refractivity contribution in [3.05, 3.63) is 0 Å². The van der Waals surface area contributed by atoms with Gasteiger partial charge in [0.1, 0.15) is 12.5 Å². The summed E-state index contributed by atoms with van der Waals surface area (Å²) < 4.78 is 10.5. The predicted molar refractivity (Wildman–Crippen MR) is 116 cm³/mol. The lowest BCUT2D eigenvalue weighted by Crippen LogP contribution is -2.21. The maximum atomic E-state index is 11.8. The van der Waals surface area contributed by atoms with Gasteiger partial charge in [0.25, 0.3) is 0 Å². The first-order chi connectivity index (χ1) is 13.6. The summed E-state index contributed by atoms with van der Waals surface area (Å²) >= 11 is 0. The summed E-state index contributed by atoms with van der Waals surface area (Å²) in [7, 11) is 0. The average Bonchev–Trinajstić information content (AvgIpc) is 2.68. The Hall–Kier alpha value is -1.06. The second-order valence-corrected chi connectivity index (χ2v) is 7.95. The van der Waals surface area contributed by atoms with Gasteiger partial charge in [0.05, 0.1) is 6.61 Å². The third kappa shape index (κ3) is 18.3. The lowest BCUT2D eigenvalue weighted by atomic mass is 10.1. The molecule has 0 N–H and O–H groups in total. The smallest absolute Gasteiger partial charge is 0.317 e. The van der Waals surface area contributed by atoms with Gasteiger partial charge in [0.2, 0.25) is 0 Å². The highest BCUT2D eigenvalue weighted by atomic mass is 16.6. The van der Waals surface area contributed by atoms with Gasteiger partial charge in [-0.15, -0.1) is 0 Å². The molecule has 0 spiro atoms. The Morgan fingerprint density at radius 2 is 1.14 bits per heavy atom. The Labute approximate surface area is 174 Å². The van der Waals surface area contributed by atoms with Crippen molar-refractivity contribution >= 4 is 11.9 Å². The quantitative estimate of drug-likeness (QED) is 0.124. The van der Waals surface area contributed by atoms with E-state index in [0.717, 1.165) is 38.5 Å². The van der Waals surface area contributed by atoms with Crippen LogP contribution >= 0.6 is 0 Å². The van der Waals surface area contributed by atoms with E-state index >= 15 is 0 Å². The van der Waals surface area contributed by atoms with Gasteiger partial charge in [-0.25, -0.2) is 0 Å². The maximum Gasteiger partial charge on any atom is 0.317 e. The number of hydrogen-bond donors (Lipinski definition) is 0. The highest BCUT2D eigenvalue weighted by Crippen LogP contribution is 2.12. The van der Waals surface area contributed by atoms with Crippen LogP contribution in [0.4, 0.5) is 0 Å². The molecule has 0 aliphatic carbocycles. The van der Waals surface area contributed by atoms with Gasteiger partial charge in [-0.1, -0.05) is 104 Å². The van der Waals surface area contributed by atoms with E-state index in [1.54, 1.807) is 0 Å². The first-order valence-electron chi connectivity index (χ1n) is 12.0. The van der Waals surface area contributed by atoms with Crippen molar-refractivity contribution in [1.82, 2.24) is 0 Å². The van der Waals surface area contributed by atoms with Crippen molar-refractivity contribution < 1.29 is 19.1 Å². The molecule has 0 aromatic rings. The molecule has 0 bridgehead atoms. The molecule has 0 aliphatic heterocycles. The molecule has 28 heavy (non-hydrogen) atoms. The number of rotatable bonds is 20. The van der Waals surface area contributed by atoms with Gasteiger partial charge in [0.15, 0.2) is 0 Å². The minimum absolute atomic E-state index is 0.0726. The van der Waals surface area contributed by atoms with Crippen LogP contribution in [0.3, 0.4) is 0 Å². The largest absolute Gasteiger partial charge is 0.465 e. The molecule has 0 aliphatic rings. The van der Waals surface area contributed by atoms with Crippen LogP contribution in [0.15, 0.2) is 0 Å². The molecule has 0 aromatic carbocycles. The lowest BCUT2D eigenvalue weighted by molar-refractivity contribution is -0.158. The van der Waals surface area contributed by atoms with Gasteiger partial charge < -0.3 is 9.47 Å². The van der Waals surface area contributed by atoms with E-state index in [1.165, 1.54) is 64.2 Å². The number of ether oxygens (including phenoxy) is 2. The maximum absolute atomic E-state index is 11.8. The van der Waals surface area contributed by atoms with E-state index in [9.17, 15) is 9.59 Å². The molecule has 0 heterocycles. The average molecular weight is 399 g/mol. The van der Waals surface area contributed by atoms with Gasteiger partial charge in [-0.05, 0) is 19.3 Å². The summed E-state index contributed by atoms with van der Waals surface area (Å²) in [5.41, 5.74) is 0. The summed E-state index contributed by atoms with van der Waals surface area (Å²) in [5.74, 6) is -0.916. The van der Waals surface area contributed by atoms with E-state index < -0.39 is 11.9 Å². The molecule has 1 atom stereocenters. The summed E-state index contributed by atoms with van der Waals surface area (Å²) in [5, 5.41) is 0. The van der Waals surface area contributed by atoms with Crippen molar-refractivity contribution in [3.8, 4) is 0 Å². The van der Waals surface area contributed by atoms with Gasteiger partial charge in [-0.3, -0.25) is 9.59 Å². The normalized spacial score (nSPS) is 12.0. The van der Waals surface area contributed by atoms with Crippen LogP contribution in [0.2, 0.25) is 0 Å². The SMILES string of the molecule is CCCCCCCCCCCCCCOC(=O)CC(=O)OC(CC)CCCC. The number of hydrogen-bond acceptors (Lipinski definition) is 4. The molecule has 1 unspecified atom stereocenters. The number of esters is 2. The van der Waals surface area contributed by atoms with Gasteiger partial charge in [0, 0.05) is 0 Å². The van der Waals surface area contributed by atoms with Crippen LogP contribution in [-0.4, -0.2) is 24.6 Å². The first kappa shape index (κ1) is 26.9. The van der Waals surface area contributed by atoms with Crippen LogP contribution < -0.4 is 0 Å². The molecule has 0 saturated carbocycles. The molecule has 4 nitrogen and oxygen atoms in total. The fourth-order valence-corrected chi connectivity index (χ4v) is 3.30. The molecule has 0 saturated heterocycles. The number of carbonyl (C=O) groups excluding carboxylic acids is 2. The molecule has 0 radical (unpaired) electrons. The molecule has 4 heteroatoms. The van der Waals surface area contributed by atoms with Crippen LogP contribution in [0.5, 0.6) is 0 Å². The Morgan fingerprint density at radius 3 is 1.64 bits per heavy atom. The Morgan fingerprint density at radius 1 is 0.643 bits per heavy atom. The molecule has 0 rings (SSSR count). The van der Waals surface area contributed by atoms with Gasteiger partial charge >= 0.3 is 11.9 Å². The summed E-state index contributed by atoms with van der Waals surface area (Å²) in [6.45, 7) is 6.78. The Balaban J connectivity index is 3.46. The third-order valence-electron chi connectivity index (χ3n) is 5.18. The van der Waals surface area contributed by atoms with E-state index in [0.29, 0.717) is 6.61 Å². The molecular formula is C24H46O4. The minimum atomic E-state index is -0.460. The Bertz CT molecular complexity index is 368. The zero-order valence-corrected chi connectivity index (χ0v) is 18.9. The van der Waals surface area contributed by atoms with E-state index in [2.05, 4.69) is 13.8 Å². The fourth-order valence-electron chi connectivity index (χ4n) is 3.30. The van der Waals surface area contributed by atoms with Crippen molar-refractivity contribution in [2.75, 3.05) is 6.61 Å². The lowest BCUT2D eigenvalue weighted by Gasteiger charge is -2.15. The molecule has 0 amide bonds. The monoisotopic (exact) mass is 398 g/mol. The van der Waals surface area contributed by atoms with E-state index in [-0.39, 0.29) is 12.5 Å². The molecule has 0 fully saturated rings. The minimum Gasteiger partial charge on any atom is -0.465 e. The topological polar surface area (TPSA) is 52.6 Å². The zero-order chi connectivity index (χ0) is 20.9. The summed E-state index contributed by atoms with van der Waals surface area (Å²) in [6.07, 6.45) is 18.8. The summed E-state index contributed by atoms with van der Waals surface area (Å²) in [4.78, 5) is 23.5. The van der Waals surface area contributed by atoms with Crippen LogP contribution in [0, 0.1) is 0 Å². The second kappa shape index (κ2) is 20.7. The van der Waals surface area contributed by atoms with Crippen molar-refractivity contribution in [3.63, 3.8) is 0 Å². The third-order valence-corrected chi connectivity index (χ3v) is 5.18. The fraction of sp³-hybridized carbons (Fsp3) is 0.917.